The molecule has 0 amide bonds. The van der Waals surface area contributed by atoms with Crippen LogP contribution in [-0.4, -0.2) is 13.4 Å². The highest BCUT2D eigenvalue weighted by Crippen LogP contribution is 2.34. The van der Waals surface area contributed by atoms with Crippen molar-refractivity contribution in [2.75, 3.05) is 0 Å². The minimum Gasteiger partial charge on any atom is -0.0657 e. The molecule has 0 bridgehead atoms. The summed E-state index contributed by atoms with van der Waals surface area (Å²) in [7, 11) is 0. The van der Waals surface area contributed by atoms with Crippen LogP contribution in [-0.2, 0) is 0 Å². The van der Waals surface area contributed by atoms with Gasteiger partial charge in [0.15, 0.2) is 0 Å². The Morgan fingerprint density at radius 2 is 0.630 bits per heavy atom. The van der Waals surface area contributed by atoms with E-state index in [0.29, 0.717) is 0 Å². The Kier molecular flexibility index (Phi) is 8.88. The second-order valence-corrected chi connectivity index (χ2v) is 16.9. The van der Waals surface area contributed by atoms with Gasteiger partial charge in [0.05, 0.1) is 0 Å². The summed E-state index contributed by atoms with van der Waals surface area (Å²) in [4.78, 5) is 0. The predicted molar refractivity (Wildman–Crippen MR) is 242 cm³/mol. The molecule has 0 spiro atoms. The Balaban J connectivity index is 1.49. The van der Waals surface area contributed by atoms with Crippen LogP contribution in [0.5, 0.6) is 0 Å². The monoisotopic (exact) mass is 698 g/mol. The van der Waals surface area contributed by atoms with E-state index < -0.39 is 0 Å². The lowest BCUT2D eigenvalue weighted by molar-refractivity contribution is 1.34. The molecule has 2 heteroatoms. The van der Waals surface area contributed by atoms with Crippen LogP contribution in [0.1, 0.15) is 66.8 Å². The van der Waals surface area contributed by atoms with Crippen LogP contribution in [0.4, 0.5) is 0 Å². The smallest absolute Gasteiger partial charge is 0.0657 e. The molecular weight excluding hydrogens is 646 g/mol. The van der Waals surface area contributed by atoms with Crippen LogP contribution >= 0.6 is 0 Å². The van der Waals surface area contributed by atoms with Gasteiger partial charge in [-0.2, -0.15) is 0 Å². The molecule has 0 atom stereocenters. The molecule has 8 aromatic carbocycles. The molecule has 0 saturated carbocycles. The van der Waals surface area contributed by atoms with E-state index in [1.54, 1.807) is 0 Å². The van der Waals surface area contributed by atoms with E-state index in [9.17, 15) is 0 Å². The van der Waals surface area contributed by atoms with Crippen molar-refractivity contribution >= 4 is 78.5 Å². The molecule has 266 valence electrons. The van der Waals surface area contributed by atoms with Crippen LogP contribution in [0.15, 0.2) is 97.1 Å². The van der Waals surface area contributed by atoms with Crippen molar-refractivity contribution < 1.29 is 0 Å². The topological polar surface area (TPSA) is 0 Å². The highest BCUT2D eigenvalue weighted by Gasteiger charge is 2.33. The summed E-state index contributed by atoms with van der Waals surface area (Å²) in [6.45, 7) is 27.6. The van der Waals surface area contributed by atoms with Crippen LogP contribution < -0.4 is 32.8 Å². The van der Waals surface area contributed by atoms with Crippen LogP contribution in [0, 0.1) is 83.1 Å². The first-order chi connectivity index (χ1) is 25.7. The maximum atomic E-state index is 2.55. The van der Waals surface area contributed by atoms with Crippen molar-refractivity contribution in [1.82, 2.24) is 0 Å². The van der Waals surface area contributed by atoms with Gasteiger partial charge in [-0.1, -0.05) is 197 Å². The quantitative estimate of drug-likeness (QED) is 0.120. The molecule has 0 aliphatic rings. The first-order valence-electron chi connectivity index (χ1n) is 19.7. The van der Waals surface area contributed by atoms with E-state index in [1.807, 2.05) is 0 Å². The number of rotatable bonds is 6. The van der Waals surface area contributed by atoms with Crippen LogP contribution in [0.25, 0.3) is 32.3 Å². The predicted octanol–water partition coefficient (Wildman–Crippen LogP) is 9.32. The number of aryl methyl sites for hydroxylation is 12. The van der Waals surface area contributed by atoms with E-state index in [0.717, 1.165) is 0 Å². The molecule has 0 heterocycles. The fraction of sp³-hybridized carbons (Fsp3) is 0.231. The lowest BCUT2D eigenvalue weighted by Crippen LogP contribution is -2.56. The fourth-order valence-electron chi connectivity index (χ4n) is 10.9. The largest absolute Gasteiger partial charge is 0.243 e. The third-order valence-corrected chi connectivity index (χ3v) is 12.4. The van der Waals surface area contributed by atoms with Gasteiger partial charge in [0, 0.05) is 0 Å². The van der Waals surface area contributed by atoms with Crippen molar-refractivity contribution in [2.45, 2.75) is 83.1 Å². The molecule has 8 rings (SSSR count). The third kappa shape index (κ3) is 5.78. The highest BCUT2D eigenvalue weighted by molar-refractivity contribution is 6.99. The first-order valence-corrected chi connectivity index (χ1v) is 19.7. The van der Waals surface area contributed by atoms with Gasteiger partial charge in [0.2, 0.25) is 13.4 Å². The summed E-state index contributed by atoms with van der Waals surface area (Å²) in [5.41, 5.74) is 24.7. The van der Waals surface area contributed by atoms with Gasteiger partial charge >= 0.3 is 0 Å². The Bertz CT molecular complexity index is 2590. The maximum absolute atomic E-state index is 2.55. The van der Waals surface area contributed by atoms with Crippen LogP contribution in [0.2, 0.25) is 0 Å². The van der Waals surface area contributed by atoms with Crippen molar-refractivity contribution in [2.24, 2.45) is 0 Å². The summed E-state index contributed by atoms with van der Waals surface area (Å²) in [6, 6.07) is 38.3. The van der Waals surface area contributed by atoms with Gasteiger partial charge in [-0.25, -0.2) is 0 Å². The second kappa shape index (κ2) is 13.3. The van der Waals surface area contributed by atoms with Gasteiger partial charge < -0.3 is 0 Å². The first kappa shape index (κ1) is 35.9. The zero-order chi connectivity index (χ0) is 38.3. The Hall–Kier alpha value is -5.07. The van der Waals surface area contributed by atoms with Gasteiger partial charge in [-0.3, -0.25) is 0 Å². The fourth-order valence-corrected chi connectivity index (χ4v) is 10.9. The van der Waals surface area contributed by atoms with Gasteiger partial charge in [0.25, 0.3) is 0 Å². The number of hydrogen-bond acceptors (Lipinski definition) is 0. The maximum Gasteiger partial charge on any atom is 0.243 e. The Labute approximate surface area is 324 Å². The normalized spacial score (nSPS) is 11.7. The molecule has 0 N–H and O–H groups in total. The highest BCUT2D eigenvalue weighted by atomic mass is 14.2. The molecule has 0 aliphatic heterocycles. The molecule has 0 aliphatic carbocycles. The van der Waals surface area contributed by atoms with E-state index in [4.69, 9.17) is 0 Å². The molecule has 0 fully saturated rings. The second-order valence-electron chi connectivity index (χ2n) is 16.9. The molecule has 54 heavy (non-hydrogen) atoms. The Morgan fingerprint density at radius 1 is 0.296 bits per heavy atom. The van der Waals surface area contributed by atoms with Gasteiger partial charge in [0.1, 0.15) is 0 Å². The third-order valence-electron chi connectivity index (χ3n) is 12.4. The molecule has 0 radical (unpaired) electrons. The lowest BCUT2D eigenvalue weighted by Gasteiger charge is -2.28. The van der Waals surface area contributed by atoms with E-state index in [-0.39, 0.29) is 13.4 Å². The van der Waals surface area contributed by atoms with E-state index in [2.05, 4.69) is 180 Å². The molecular formula is C52H52B2. The van der Waals surface area contributed by atoms with Crippen molar-refractivity contribution in [3.63, 3.8) is 0 Å². The van der Waals surface area contributed by atoms with E-state index >= 15 is 0 Å². The molecule has 0 nitrogen and oxygen atoms in total. The number of benzene rings is 8. The summed E-state index contributed by atoms with van der Waals surface area (Å²) >= 11 is 0. The molecule has 0 unspecified atom stereocenters. The van der Waals surface area contributed by atoms with Crippen molar-refractivity contribution in [1.29, 1.82) is 0 Å². The zero-order valence-electron chi connectivity index (χ0n) is 34.4. The van der Waals surface area contributed by atoms with Crippen molar-refractivity contribution in [3.05, 3.63) is 164 Å². The average Bonchev–Trinajstić information content (AvgIpc) is 3.07. The molecule has 0 saturated heterocycles. The molecule has 0 aromatic heterocycles. The average molecular weight is 699 g/mol. The molecule has 8 aromatic rings. The zero-order valence-corrected chi connectivity index (χ0v) is 34.4. The summed E-state index contributed by atoms with van der Waals surface area (Å²) in [5, 5.41) is 8.10. The lowest BCUT2D eigenvalue weighted by atomic mass is 9.33. The van der Waals surface area contributed by atoms with Crippen molar-refractivity contribution in [3.8, 4) is 0 Å². The minimum atomic E-state index is 0.100. The SMILES string of the molecule is Cc1cc(C)c(B(c2c(C)cc(C)cc2C)c2cc3ccc(B(c4c(C)cc(C)cc4C)c4c(C)cc(C)cc4C)c4ccc5cccc2c5c34)c(C)c1. The van der Waals surface area contributed by atoms with E-state index in [1.165, 1.54) is 132 Å². The minimum absolute atomic E-state index is 0.100. The summed E-state index contributed by atoms with van der Waals surface area (Å²) in [5.74, 6) is 0. The summed E-state index contributed by atoms with van der Waals surface area (Å²) < 4.78 is 0. The van der Waals surface area contributed by atoms with Gasteiger partial charge in [-0.05, 0) is 115 Å². The number of hydrogen-bond donors (Lipinski definition) is 0. The van der Waals surface area contributed by atoms with Gasteiger partial charge in [-0.15, -0.1) is 0 Å². The van der Waals surface area contributed by atoms with Crippen LogP contribution in [0.3, 0.4) is 0 Å². The Morgan fingerprint density at radius 3 is 1.04 bits per heavy atom. The summed E-state index contributed by atoms with van der Waals surface area (Å²) in [6.07, 6.45) is 0. The standard InChI is InChI=1S/C52H52B2/c1-29-20-33(5)49(34(6)21-29)53(50-35(7)22-30(2)23-36(50)8)45-19-17-42-28-46(43-15-13-14-41-16-18-44(45)48(42)47(41)43)54(51-37(9)24-31(3)25-38(51)10)52-39(11)26-32(4)27-40(52)12/h13-28H,1-12H3.